The second-order valence-corrected chi connectivity index (χ2v) is 38.4. The van der Waals surface area contributed by atoms with Crippen molar-refractivity contribution in [2.45, 2.75) is 217 Å². The summed E-state index contributed by atoms with van der Waals surface area (Å²) in [6.07, 6.45) is 10.2. The van der Waals surface area contributed by atoms with E-state index >= 15 is 0 Å². The molecule has 13 N–H and O–H groups in total. The molecule has 1 aromatic heterocycles. The third-order valence-electron chi connectivity index (χ3n) is 25.0. The number of aliphatic carboxylic acids is 1. The first-order valence-corrected chi connectivity index (χ1v) is 48.0. The summed E-state index contributed by atoms with van der Waals surface area (Å²) >= 11 is 0.937. The molecular formula is C99H119N12O24S2+. The zero-order valence-corrected chi connectivity index (χ0v) is 79.7. The van der Waals surface area contributed by atoms with Gasteiger partial charge in [0.1, 0.15) is 29.4 Å². The van der Waals surface area contributed by atoms with Gasteiger partial charge in [0.25, 0.3) is 22.5 Å². The van der Waals surface area contributed by atoms with E-state index in [2.05, 4.69) is 83.4 Å². The molecule has 36 nitrogen and oxygen atoms in total. The number of carbonyl (C=O) groups is 15. The van der Waals surface area contributed by atoms with Crippen LogP contribution in [-0.4, -0.2) is 216 Å². The van der Waals surface area contributed by atoms with Gasteiger partial charge in [-0.05, 0) is 146 Å². The van der Waals surface area contributed by atoms with Crippen molar-refractivity contribution in [1.29, 1.82) is 0 Å². The summed E-state index contributed by atoms with van der Waals surface area (Å²) < 4.78 is 47.5. The molecule has 38 heteroatoms. The number of likely N-dealkylation sites (tertiary alicyclic amines) is 1. The number of imide groups is 1. The molecule has 730 valence electrons. The molecule has 1 unspecified atom stereocenters. The Kier molecular flexibility index (Phi) is 36.5. The van der Waals surface area contributed by atoms with Crippen LogP contribution in [0, 0.1) is 23.7 Å². The number of hydrogen-bond acceptors (Lipinski definition) is 25. The molecule has 1 aliphatic carbocycles. The van der Waals surface area contributed by atoms with Gasteiger partial charge in [-0.2, -0.15) is 13.0 Å². The Morgan fingerprint density at radius 1 is 0.708 bits per heavy atom. The number of nitrogens with one attached hydrogen (secondary N) is 7. The normalized spacial score (nSPS) is 16.7. The molecule has 4 aliphatic heterocycles. The highest BCUT2D eigenvalue weighted by Gasteiger charge is 2.46. The molecule has 0 radical (unpaired) electrons. The summed E-state index contributed by atoms with van der Waals surface area (Å²) in [5.74, 6) is -15.5. The van der Waals surface area contributed by atoms with E-state index in [1.165, 1.54) is 106 Å². The molecule has 5 heterocycles. The minimum absolute atomic E-state index is 0.0109. The molecule has 10 rings (SSSR count). The van der Waals surface area contributed by atoms with E-state index in [-0.39, 0.29) is 132 Å². The number of carboxylic acids is 1. The Bertz CT molecular complexity index is 6040. The molecule has 0 bridgehead atoms. The summed E-state index contributed by atoms with van der Waals surface area (Å²) in [6.45, 7) is 18.1. The smallest absolute Gasteiger partial charge is 0.303 e. The van der Waals surface area contributed by atoms with Gasteiger partial charge in [-0.15, -0.1) is 11.8 Å². The number of aliphatic hydroxyl groups excluding tert-OH is 1. The molecule has 1 saturated heterocycles. The fourth-order valence-electron chi connectivity index (χ4n) is 17.4. The first-order valence-electron chi connectivity index (χ1n) is 45.5. The third kappa shape index (κ3) is 27.3. The molecular weight excluding hydrogens is 1810 g/mol. The monoisotopic (exact) mass is 1920 g/mol. The molecule has 137 heavy (non-hydrogen) atoms. The van der Waals surface area contributed by atoms with Crippen molar-refractivity contribution in [3.8, 4) is 33.9 Å². The van der Waals surface area contributed by atoms with Crippen molar-refractivity contribution < 1.29 is 114 Å². The van der Waals surface area contributed by atoms with Crippen molar-refractivity contribution >= 4 is 139 Å². The molecule has 10 atom stereocenters. The van der Waals surface area contributed by atoms with Crippen LogP contribution in [-0.2, 0) is 94.5 Å². The van der Waals surface area contributed by atoms with Gasteiger partial charge in [0.05, 0.1) is 63.8 Å². The van der Waals surface area contributed by atoms with E-state index in [1.54, 1.807) is 12.1 Å². The SMILES string of the molecule is CC[N+]1=C(/C=C/C=C/C=C2/N(CCCCCC(=O)NCCN3C(=O)CC(SC[C@@H](NC(C)=O)C(=O)C[C@H](CCCCNC(=O)c4ccc(OC=O)c(-c5c6ccc(=O)cc-6oc6cc(O)ccc56)c4)C(=O)N[C@H](C)C(=O)C[C@H](C)C(=O)N[C@H](C)C(=O)C[C@@H](C(=O)N[C@H](Cc4c[nH]cn4)C(=O)C[C@H](CCC(=O)O)C(N)=O)[C@H](C)O)C3=O)c3ccccc3C2(C)C)C(C)(C)c2cc(S(=O)(=O)O)ccc21. The van der Waals surface area contributed by atoms with E-state index < -0.39 is 183 Å². The van der Waals surface area contributed by atoms with E-state index in [1.807, 2.05) is 57.2 Å². The number of hydrogen-bond donors (Lipinski definition) is 12. The van der Waals surface area contributed by atoms with Crippen molar-refractivity contribution in [3.63, 3.8) is 0 Å². The standard InChI is InChI=1S/C99H118N12O24S2/c1-11-109-77-35-32-67(137(131,132)133)49-73(77)99(9,10)86(109)25-14-12-15-26-87-98(7,8)72-23-17-18-24-76(72)110(87)40-21-13-16-27-88(121)102-39-41-111-89(122)51-85(97(111)130)136-53-75(107-60(6)114)81(120)45-62(22-19-20-38-103-94(127)63-28-36-82(134-55-112)71(43-63)91-68-33-30-65(115)47-83(68)135-84-48-66(116)31-34-69(84)91)95(128)106-57(3)78(117)42-56(2)93(126)105-58(4)79(118)50-70(59(5)113)96(129)108-74(46-64-52-101-54-104-64)80(119)44-61(92(100)125)29-37-90(123)124/h12,14-15,17-18,23-26,28,30-36,43,47-49,52,54-59,61-62,70,74-75,85,113H,11,13,16,19-22,27,29,37-42,44-46,50-51,53H2,1-10H3,(H11-,100,101,102,103,104,105,106,107,108,114,115,116,121,123,124,125,126,127,128,129,131,132,133)/p+1/t56-,57+,58+,59-,61-,62-,70+,74+,75+,85?/m0/s1. The lowest BCUT2D eigenvalue weighted by Crippen LogP contribution is -2.49. The number of phenols is 1. The fraction of sp³-hybridized carbons (Fsp3) is 0.434. The van der Waals surface area contributed by atoms with Crippen molar-refractivity contribution in [2.75, 3.05) is 43.4 Å². The average Bonchev–Trinajstić information content (AvgIpc) is 1.70. The van der Waals surface area contributed by atoms with Crippen LogP contribution in [0.5, 0.6) is 11.5 Å². The third-order valence-corrected chi connectivity index (χ3v) is 27.2. The summed E-state index contributed by atoms with van der Waals surface area (Å²) in [5.41, 5.74) is 11.8. The predicted octanol–water partition coefficient (Wildman–Crippen LogP) is 8.40. The number of Topliss-reactive ketones (excluding diaryl/α,β-unsaturated/α-hetero) is 4. The summed E-state index contributed by atoms with van der Waals surface area (Å²) in [6, 6.07) is 20.2. The Hall–Kier alpha value is -13.5. The highest BCUT2D eigenvalue weighted by molar-refractivity contribution is 8.00. The summed E-state index contributed by atoms with van der Waals surface area (Å²) in [4.78, 5) is 224. The van der Waals surface area contributed by atoms with E-state index in [0.717, 1.165) is 58.4 Å². The van der Waals surface area contributed by atoms with Crippen LogP contribution in [0.1, 0.15) is 186 Å². The lowest BCUT2D eigenvalue weighted by Gasteiger charge is -2.27. The lowest BCUT2D eigenvalue weighted by atomic mass is 9.81. The highest BCUT2D eigenvalue weighted by atomic mass is 32.2. The number of unbranched alkanes of at least 4 members (excludes halogenated alkanes) is 3. The number of aromatic hydroxyl groups is 1. The summed E-state index contributed by atoms with van der Waals surface area (Å²) in [7, 11) is -4.41. The number of aromatic amines is 1. The van der Waals surface area contributed by atoms with Gasteiger partial charge >= 0.3 is 5.97 Å². The number of rotatable bonds is 52. The van der Waals surface area contributed by atoms with E-state index in [9.17, 15) is 105 Å². The molecule has 4 aromatic carbocycles. The zero-order valence-electron chi connectivity index (χ0n) is 78.1. The van der Waals surface area contributed by atoms with Crippen LogP contribution in [0.25, 0.3) is 33.4 Å². The van der Waals surface area contributed by atoms with Crippen LogP contribution in [0.15, 0.2) is 160 Å². The molecule has 0 spiro atoms. The molecule has 1 fully saturated rings. The topological polar surface area (TPSA) is 547 Å². The minimum atomic E-state index is -4.41. The number of carboxylic acid groups (broad SMARTS) is 1. The molecule has 5 aromatic rings. The Morgan fingerprint density at radius 3 is 2.11 bits per heavy atom. The number of H-pyrrole nitrogens is 1. The zero-order chi connectivity index (χ0) is 100. The average molecular weight is 1930 g/mol. The van der Waals surface area contributed by atoms with Gasteiger partial charge in [0.15, 0.2) is 34.3 Å². The predicted molar refractivity (Wildman–Crippen MR) is 509 cm³/mol. The number of imidazole rings is 1. The number of benzene rings is 5. The first-order chi connectivity index (χ1) is 64.9. The number of para-hydroxylation sites is 1. The second kappa shape index (κ2) is 47.3. The van der Waals surface area contributed by atoms with Gasteiger partial charge in [-0.3, -0.25) is 86.2 Å². The van der Waals surface area contributed by atoms with Crippen LogP contribution in [0.3, 0.4) is 0 Å². The Labute approximate surface area is 796 Å². The van der Waals surface area contributed by atoms with Crippen LogP contribution in [0.2, 0.25) is 0 Å². The number of thioether (sulfide) groups is 1. The van der Waals surface area contributed by atoms with E-state index in [0.29, 0.717) is 48.1 Å². The van der Waals surface area contributed by atoms with Gasteiger partial charge in [0.2, 0.25) is 52.9 Å². The fourth-order valence-corrected chi connectivity index (χ4v) is 19.1. The van der Waals surface area contributed by atoms with Crippen LogP contribution < -0.4 is 52.7 Å². The number of anilines is 1. The van der Waals surface area contributed by atoms with Crippen molar-refractivity contribution in [3.05, 3.63) is 178 Å². The van der Waals surface area contributed by atoms with E-state index in [4.69, 9.17) is 14.9 Å². The van der Waals surface area contributed by atoms with Crippen LogP contribution >= 0.6 is 11.8 Å². The lowest BCUT2D eigenvalue weighted by molar-refractivity contribution is -0.433. The molecule has 0 saturated carbocycles. The quantitative estimate of drug-likeness (QED) is 0.00324. The molecule has 5 aliphatic rings. The number of allylic oxidation sites excluding steroid dienone is 6. The maximum absolute atomic E-state index is 14.7. The van der Waals surface area contributed by atoms with Crippen molar-refractivity contribution in [2.24, 2.45) is 29.4 Å². The number of carbonyl (C=O) groups excluding carboxylic acids is 14. The van der Waals surface area contributed by atoms with Gasteiger partial charge < -0.3 is 72.0 Å². The number of primary amides is 1. The molecule has 9 amide bonds. The van der Waals surface area contributed by atoms with Crippen molar-refractivity contribution in [1.82, 2.24) is 46.8 Å². The first kappa shape index (κ1) is 106. The summed E-state index contributed by atoms with van der Waals surface area (Å²) in [5, 5.41) is 45.9. The number of nitrogens with two attached hydrogens (primary N) is 1. The largest absolute Gasteiger partial charge is 0.508 e. The number of ketones is 4. The number of amides is 9. The number of aliphatic hydroxyl groups is 1. The number of fused-ring (bicyclic) bond motifs is 4. The highest BCUT2D eigenvalue weighted by Crippen LogP contribution is 2.49. The van der Waals surface area contributed by atoms with Gasteiger partial charge in [-0.1, -0.05) is 70.0 Å². The number of ether oxygens (including phenoxy) is 1. The maximum atomic E-state index is 14.7. The van der Waals surface area contributed by atoms with Gasteiger partial charge in [-0.25, -0.2) is 4.98 Å². The second-order valence-electron chi connectivity index (χ2n) is 35.8. The van der Waals surface area contributed by atoms with Crippen LogP contribution in [0.4, 0.5) is 11.4 Å². The van der Waals surface area contributed by atoms with Gasteiger partial charge in [0, 0.05) is 188 Å². The Morgan fingerprint density at radius 2 is 1.42 bits per heavy atom. The maximum Gasteiger partial charge on any atom is 0.303 e. The minimum Gasteiger partial charge on any atom is -0.508 e. The number of aromatic nitrogens is 2. The number of phenolic OH excluding ortho intramolecular Hbond substituents is 1. The number of nitrogens with zero attached hydrogens (tertiary/aromatic N) is 4. The Balaban J connectivity index is 0.744.